The normalized spacial score (nSPS) is 14.9. The molecule has 1 aliphatic rings. The van der Waals surface area contributed by atoms with E-state index in [9.17, 15) is 4.79 Å². The molecule has 1 aromatic heterocycles. The summed E-state index contributed by atoms with van der Waals surface area (Å²) in [6.45, 7) is 3.94. The lowest BCUT2D eigenvalue weighted by atomic mass is 10.0. The van der Waals surface area contributed by atoms with Gasteiger partial charge >= 0.3 is 0 Å². The minimum atomic E-state index is 0.0608. The Balaban J connectivity index is 1.63. The molecular weight excluding hydrogens is 334 g/mol. The minimum Gasteiger partial charge on any atom is -0.307 e. The van der Waals surface area contributed by atoms with Crippen molar-refractivity contribution in [2.75, 3.05) is 19.6 Å². The zero-order valence-electron chi connectivity index (χ0n) is 15.4. The van der Waals surface area contributed by atoms with Crippen LogP contribution in [0, 0.1) is 11.3 Å². The number of nitrogens with zero attached hydrogens (tertiary/aromatic N) is 3. The summed E-state index contributed by atoms with van der Waals surface area (Å²) in [4.78, 5) is 14.9. The van der Waals surface area contributed by atoms with Crippen molar-refractivity contribution in [3.8, 4) is 17.2 Å². The Morgan fingerprint density at radius 1 is 0.852 bits per heavy atom. The molecule has 3 aromatic rings. The molecule has 2 heterocycles. The lowest BCUT2D eigenvalue weighted by molar-refractivity contribution is 0.221. The zero-order chi connectivity index (χ0) is 18.6. The van der Waals surface area contributed by atoms with Crippen molar-refractivity contribution in [2.24, 2.45) is 0 Å². The molecule has 0 saturated carbocycles. The van der Waals surface area contributed by atoms with E-state index in [4.69, 9.17) is 5.26 Å². The average molecular weight is 357 g/mol. The zero-order valence-corrected chi connectivity index (χ0v) is 15.4. The van der Waals surface area contributed by atoms with Gasteiger partial charge < -0.3 is 9.47 Å². The monoisotopic (exact) mass is 357 g/mol. The van der Waals surface area contributed by atoms with Crippen LogP contribution in [-0.4, -0.2) is 29.1 Å². The second-order valence-electron chi connectivity index (χ2n) is 7.19. The van der Waals surface area contributed by atoms with Crippen LogP contribution >= 0.6 is 0 Å². The van der Waals surface area contributed by atoms with Gasteiger partial charge in [0.2, 0.25) is 0 Å². The molecule has 4 rings (SSSR count). The van der Waals surface area contributed by atoms with Crippen molar-refractivity contribution >= 4 is 10.9 Å². The van der Waals surface area contributed by atoms with E-state index in [0.29, 0.717) is 5.56 Å². The van der Waals surface area contributed by atoms with Gasteiger partial charge in [-0.1, -0.05) is 24.6 Å². The maximum atomic E-state index is 12.4. The quantitative estimate of drug-likeness (QED) is 0.708. The molecule has 136 valence electrons. The smallest absolute Gasteiger partial charge is 0.251 e. The van der Waals surface area contributed by atoms with Crippen LogP contribution in [0.4, 0.5) is 0 Å². The molecule has 1 aliphatic heterocycles. The fourth-order valence-corrected chi connectivity index (χ4v) is 3.88. The van der Waals surface area contributed by atoms with E-state index in [0.717, 1.165) is 48.2 Å². The van der Waals surface area contributed by atoms with Crippen LogP contribution in [0.5, 0.6) is 0 Å². The number of likely N-dealkylation sites (tertiary alicyclic amines) is 1. The van der Waals surface area contributed by atoms with Gasteiger partial charge in [0.05, 0.1) is 17.1 Å². The fraction of sp³-hybridized carbons (Fsp3) is 0.304. The van der Waals surface area contributed by atoms with Crippen LogP contribution in [0.3, 0.4) is 0 Å². The number of hydrogen-bond donors (Lipinski definition) is 0. The Labute approximate surface area is 159 Å². The Morgan fingerprint density at radius 2 is 1.59 bits per heavy atom. The van der Waals surface area contributed by atoms with Crippen LogP contribution in [0.15, 0.2) is 59.4 Å². The first kappa shape index (κ1) is 17.5. The predicted octanol–water partition coefficient (Wildman–Crippen LogP) is 4.03. The molecule has 0 radical (unpaired) electrons. The second-order valence-corrected chi connectivity index (χ2v) is 7.19. The summed E-state index contributed by atoms with van der Waals surface area (Å²) in [6.07, 6.45) is 3.85. The summed E-state index contributed by atoms with van der Waals surface area (Å²) >= 11 is 0. The van der Waals surface area contributed by atoms with Crippen LogP contribution in [0.2, 0.25) is 0 Å². The number of benzene rings is 2. The molecule has 4 heteroatoms. The number of nitriles is 1. The summed E-state index contributed by atoms with van der Waals surface area (Å²) in [5, 5.41) is 10.0. The summed E-state index contributed by atoms with van der Waals surface area (Å²) in [6, 6.07) is 19.5. The van der Waals surface area contributed by atoms with Crippen molar-refractivity contribution in [3.05, 3.63) is 70.5 Å². The van der Waals surface area contributed by atoms with Gasteiger partial charge in [-0.2, -0.15) is 5.26 Å². The van der Waals surface area contributed by atoms with E-state index < -0.39 is 0 Å². The Bertz CT molecular complexity index is 1040. The molecule has 4 nitrogen and oxygen atoms in total. The van der Waals surface area contributed by atoms with Gasteiger partial charge in [0.25, 0.3) is 5.56 Å². The lowest BCUT2D eigenvalue weighted by Gasteiger charge is -2.26. The summed E-state index contributed by atoms with van der Waals surface area (Å²) < 4.78 is 1.90. The van der Waals surface area contributed by atoms with Crippen molar-refractivity contribution < 1.29 is 0 Å². The molecule has 1 fully saturated rings. The third-order valence-corrected chi connectivity index (χ3v) is 5.43. The van der Waals surface area contributed by atoms with Crippen LogP contribution in [-0.2, 0) is 6.54 Å². The number of rotatable bonds is 4. The van der Waals surface area contributed by atoms with E-state index >= 15 is 0 Å². The number of piperidine rings is 1. The highest BCUT2D eigenvalue weighted by Crippen LogP contribution is 2.24. The SMILES string of the molecule is N#Cc1ccc(-c2ccc3c(ccc(=O)n3CCN3CCCCC3)c2)cc1. The molecule has 1 saturated heterocycles. The lowest BCUT2D eigenvalue weighted by Crippen LogP contribution is -2.34. The maximum Gasteiger partial charge on any atom is 0.251 e. The average Bonchev–Trinajstić information content (AvgIpc) is 2.73. The highest BCUT2D eigenvalue weighted by Gasteiger charge is 2.11. The third-order valence-electron chi connectivity index (χ3n) is 5.43. The number of hydrogen-bond acceptors (Lipinski definition) is 3. The minimum absolute atomic E-state index is 0.0608. The van der Waals surface area contributed by atoms with Gasteiger partial charge in [-0.3, -0.25) is 4.79 Å². The van der Waals surface area contributed by atoms with Gasteiger partial charge in [-0.15, -0.1) is 0 Å². The molecule has 0 N–H and O–H groups in total. The van der Waals surface area contributed by atoms with Crippen LogP contribution in [0.25, 0.3) is 22.0 Å². The van der Waals surface area contributed by atoms with Gasteiger partial charge in [-0.25, -0.2) is 0 Å². The molecule has 0 aliphatic carbocycles. The summed E-state index contributed by atoms with van der Waals surface area (Å²) in [5.41, 5.74) is 3.86. The van der Waals surface area contributed by atoms with Gasteiger partial charge in [-0.05, 0) is 72.8 Å². The molecule has 27 heavy (non-hydrogen) atoms. The Hall–Kier alpha value is -2.90. The Kier molecular flexibility index (Phi) is 5.04. The first-order valence-corrected chi connectivity index (χ1v) is 9.61. The van der Waals surface area contributed by atoms with Crippen molar-refractivity contribution in [3.63, 3.8) is 0 Å². The van der Waals surface area contributed by atoms with E-state index in [-0.39, 0.29) is 5.56 Å². The first-order chi connectivity index (χ1) is 13.2. The van der Waals surface area contributed by atoms with E-state index in [1.165, 1.54) is 19.3 Å². The van der Waals surface area contributed by atoms with Crippen LogP contribution in [0.1, 0.15) is 24.8 Å². The number of aromatic nitrogens is 1. The number of fused-ring (bicyclic) bond motifs is 1. The van der Waals surface area contributed by atoms with E-state index in [1.54, 1.807) is 6.07 Å². The third kappa shape index (κ3) is 3.79. The molecule has 0 spiro atoms. The molecule has 0 atom stereocenters. The Morgan fingerprint density at radius 3 is 2.33 bits per heavy atom. The van der Waals surface area contributed by atoms with Crippen LogP contribution < -0.4 is 5.56 Å². The van der Waals surface area contributed by atoms with Crippen molar-refractivity contribution in [1.29, 1.82) is 5.26 Å². The van der Waals surface area contributed by atoms with Gasteiger partial charge in [0, 0.05) is 19.2 Å². The van der Waals surface area contributed by atoms with Gasteiger partial charge in [0.15, 0.2) is 0 Å². The topological polar surface area (TPSA) is 49.0 Å². The fourth-order valence-electron chi connectivity index (χ4n) is 3.88. The predicted molar refractivity (Wildman–Crippen MR) is 109 cm³/mol. The summed E-state index contributed by atoms with van der Waals surface area (Å²) in [7, 11) is 0. The maximum absolute atomic E-state index is 12.4. The summed E-state index contributed by atoms with van der Waals surface area (Å²) in [5.74, 6) is 0. The standard InChI is InChI=1S/C23H23N3O/c24-17-18-4-6-19(7-5-18)20-8-10-22-21(16-20)9-11-23(27)26(22)15-14-25-12-2-1-3-13-25/h4-11,16H,1-3,12-15H2. The van der Waals surface area contributed by atoms with Crippen molar-refractivity contribution in [2.45, 2.75) is 25.8 Å². The highest BCUT2D eigenvalue weighted by atomic mass is 16.1. The molecule has 0 amide bonds. The molecule has 0 bridgehead atoms. The number of pyridine rings is 1. The van der Waals surface area contributed by atoms with Gasteiger partial charge in [0.1, 0.15) is 0 Å². The molecule has 2 aromatic carbocycles. The first-order valence-electron chi connectivity index (χ1n) is 9.61. The highest BCUT2D eigenvalue weighted by molar-refractivity contribution is 5.84. The van der Waals surface area contributed by atoms with E-state index in [1.807, 2.05) is 41.0 Å². The molecular formula is C23H23N3O. The largest absolute Gasteiger partial charge is 0.307 e. The van der Waals surface area contributed by atoms with E-state index in [2.05, 4.69) is 23.1 Å². The van der Waals surface area contributed by atoms with Crippen molar-refractivity contribution in [1.82, 2.24) is 9.47 Å². The molecule has 0 unspecified atom stereocenters. The second kappa shape index (κ2) is 7.77.